The number of benzene rings is 1. The van der Waals surface area contributed by atoms with E-state index >= 15 is 0 Å². The van der Waals surface area contributed by atoms with Gasteiger partial charge < -0.3 is 0 Å². The number of furan rings is 2. The molecule has 0 spiro atoms. The van der Waals surface area contributed by atoms with Gasteiger partial charge in [0.25, 0.3) is 0 Å². The predicted octanol–water partition coefficient (Wildman–Crippen LogP) is 1.37. The second-order valence-corrected chi connectivity index (χ2v) is 12.4. The zero-order valence-corrected chi connectivity index (χ0v) is 12.4. The summed E-state index contributed by atoms with van der Waals surface area (Å²) in [6, 6.07) is 10.8. The van der Waals surface area contributed by atoms with Crippen molar-refractivity contribution >= 4 is 31.6 Å². The van der Waals surface area contributed by atoms with E-state index in [9.17, 15) is 0 Å². The molecule has 0 saturated heterocycles. The Balaban J connectivity index is 1.99. The molecule has 1 aromatic carbocycles. The van der Waals surface area contributed by atoms with Gasteiger partial charge in [-0.1, -0.05) is 0 Å². The average Bonchev–Trinajstić information content (AvgIpc) is 3.01. The van der Waals surface area contributed by atoms with E-state index in [0.717, 1.165) is 0 Å². The van der Waals surface area contributed by atoms with E-state index in [2.05, 4.69) is 30.3 Å². The van der Waals surface area contributed by atoms with E-state index in [1.165, 1.54) is 20.9 Å². The van der Waals surface area contributed by atoms with Crippen LogP contribution in [0.3, 0.4) is 0 Å². The third-order valence-electron chi connectivity index (χ3n) is 3.07. The number of hydrogen-bond acceptors (Lipinski definition) is 2. The zero-order chi connectivity index (χ0) is 11.2. The first kappa shape index (κ1) is 9.67. The van der Waals surface area contributed by atoms with Gasteiger partial charge in [-0.05, 0) is 0 Å². The van der Waals surface area contributed by atoms with Crippen LogP contribution in [0.25, 0.3) is 11.1 Å². The Labute approximate surface area is 107 Å². The van der Waals surface area contributed by atoms with Gasteiger partial charge in [-0.2, -0.15) is 0 Å². The molecule has 0 fully saturated rings. The summed E-state index contributed by atoms with van der Waals surface area (Å²) in [5.74, 6) is 0. The molecule has 0 unspecified atom stereocenters. The van der Waals surface area contributed by atoms with Crippen molar-refractivity contribution in [3.63, 3.8) is 0 Å². The number of hydrogen-bond donors (Lipinski definition) is 0. The van der Waals surface area contributed by atoms with Gasteiger partial charge in [-0.15, -0.1) is 0 Å². The van der Waals surface area contributed by atoms with Crippen molar-refractivity contribution in [1.29, 1.82) is 0 Å². The predicted molar refractivity (Wildman–Crippen MR) is 67.5 cm³/mol. The third-order valence-corrected chi connectivity index (χ3v) is 12.7. The Morgan fingerprint density at radius 2 is 1.29 bits per heavy atom. The first-order valence-corrected chi connectivity index (χ1v) is 10.6. The van der Waals surface area contributed by atoms with Crippen molar-refractivity contribution in [2.45, 2.75) is 0 Å². The number of fused-ring (bicyclic) bond motifs is 3. The Kier molecular flexibility index (Phi) is 2.03. The Morgan fingerprint density at radius 3 is 1.88 bits per heavy atom. The van der Waals surface area contributed by atoms with Crippen LogP contribution >= 0.6 is 0 Å². The minimum atomic E-state index is -2.06. The summed E-state index contributed by atoms with van der Waals surface area (Å²) in [5, 5.41) is 0. The van der Waals surface area contributed by atoms with E-state index in [-0.39, 0.29) is 0 Å². The summed E-state index contributed by atoms with van der Waals surface area (Å²) < 4.78 is 15.1. The molecule has 4 rings (SSSR count). The molecule has 0 saturated carbocycles. The molecule has 0 atom stereocenters. The van der Waals surface area contributed by atoms with Crippen LogP contribution < -0.4 is 9.81 Å². The first-order chi connectivity index (χ1) is 8.45. The summed E-state index contributed by atoms with van der Waals surface area (Å²) in [4.78, 5) is 0. The van der Waals surface area contributed by atoms with E-state index in [1.807, 2.05) is 25.1 Å². The molecule has 3 aromatic rings. The summed E-state index contributed by atoms with van der Waals surface area (Å²) in [5.41, 5.74) is 2.49. The fourth-order valence-corrected chi connectivity index (χ4v) is 11.8. The minimum absolute atomic E-state index is 1.25. The van der Waals surface area contributed by atoms with Crippen molar-refractivity contribution < 1.29 is 8.83 Å². The second kappa shape index (κ2) is 3.58. The monoisotopic (exact) mass is 418 g/mol. The van der Waals surface area contributed by atoms with Crippen LogP contribution in [0.4, 0.5) is 0 Å². The van der Waals surface area contributed by atoms with Gasteiger partial charge in [0, 0.05) is 0 Å². The van der Waals surface area contributed by atoms with Gasteiger partial charge in [0.15, 0.2) is 0 Å². The molecule has 0 radical (unpaired) electrons. The molecule has 3 heteroatoms. The molecule has 2 nitrogen and oxygen atoms in total. The van der Waals surface area contributed by atoms with Crippen molar-refractivity contribution in [2.24, 2.45) is 0 Å². The maximum atomic E-state index is 5.37. The zero-order valence-electron chi connectivity index (χ0n) is 8.96. The van der Waals surface area contributed by atoms with E-state index in [4.69, 9.17) is 8.83 Å². The molecular weight excluding hydrogens is 409 g/mol. The van der Waals surface area contributed by atoms with Crippen molar-refractivity contribution in [3.8, 4) is 11.1 Å². The molecule has 3 heterocycles. The summed E-state index contributed by atoms with van der Waals surface area (Å²) >= 11 is -2.06. The SMILES string of the molecule is c1cc[c]([Bi]2[c]3cocc3-c3coc[c]32)cc1. The molecular formula is C14H9BiO2. The van der Waals surface area contributed by atoms with E-state index in [1.54, 1.807) is 0 Å². The molecule has 82 valence electrons. The van der Waals surface area contributed by atoms with Gasteiger partial charge in [0.1, 0.15) is 0 Å². The van der Waals surface area contributed by atoms with Gasteiger partial charge in [-0.3, -0.25) is 0 Å². The molecule has 2 aromatic heterocycles. The van der Waals surface area contributed by atoms with Gasteiger partial charge in [-0.25, -0.2) is 0 Å². The van der Waals surface area contributed by atoms with Gasteiger partial charge in [0.05, 0.1) is 0 Å². The molecule has 0 bridgehead atoms. The summed E-state index contributed by atoms with van der Waals surface area (Å²) in [6.07, 6.45) is 7.56. The standard InChI is InChI=1S/C8H4O2.C6H5.Bi/c1-3-9-5-7(1)8-2-4-10-6-8;1-2-4-6-5-3-1;/h3-6H;1-5H;. The topological polar surface area (TPSA) is 26.3 Å². The Hall–Kier alpha value is -1.34. The van der Waals surface area contributed by atoms with Crippen LogP contribution in [0.5, 0.6) is 0 Å². The Bertz CT molecular complexity index is 626. The summed E-state index contributed by atoms with van der Waals surface area (Å²) in [6.45, 7) is 0. The van der Waals surface area contributed by atoms with Crippen LogP contribution in [0.1, 0.15) is 0 Å². The summed E-state index contributed by atoms with van der Waals surface area (Å²) in [7, 11) is 0. The molecule has 1 aliphatic rings. The molecule has 17 heavy (non-hydrogen) atoms. The Morgan fingerprint density at radius 1 is 0.706 bits per heavy atom. The van der Waals surface area contributed by atoms with E-state index < -0.39 is 21.8 Å². The quantitative estimate of drug-likeness (QED) is 0.437. The fourth-order valence-electron chi connectivity index (χ4n) is 2.31. The van der Waals surface area contributed by atoms with Crippen LogP contribution in [0.2, 0.25) is 0 Å². The second-order valence-electron chi connectivity index (χ2n) is 4.01. The van der Waals surface area contributed by atoms with E-state index in [0.29, 0.717) is 0 Å². The molecule has 0 amide bonds. The van der Waals surface area contributed by atoms with Crippen molar-refractivity contribution in [2.75, 3.05) is 0 Å². The van der Waals surface area contributed by atoms with Crippen molar-refractivity contribution in [1.82, 2.24) is 0 Å². The maximum absolute atomic E-state index is 5.37. The van der Waals surface area contributed by atoms with Crippen molar-refractivity contribution in [3.05, 3.63) is 55.4 Å². The van der Waals surface area contributed by atoms with Crippen LogP contribution in [0.15, 0.2) is 64.2 Å². The normalized spacial score (nSPS) is 13.6. The average molecular weight is 418 g/mol. The van der Waals surface area contributed by atoms with Crippen LogP contribution in [-0.2, 0) is 0 Å². The molecule has 0 N–H and O–H groups in total. The van der Waals surface area contributed by atoms with Gasteiger partial charge in [0.2, 0.25) is 0 Å². The van der Waals surface area contributed by atoms with Gasteiger partial charge >= 0.3 is 107 Å². The molecule has 1 aliphatic heterocycles. The first-order valence-electron chi connectivity index (χ1n) is 5.43. The number of rotatable bonds is 1. The molecule has 0 aliphatic carbocycles. The third kappa shape index (κ3) is 1.29. The van der Waals surface area contributed by atoms with Crippen LogP contribution in [-0.4, -0.2) is 21.8 Å². The van der Waals surface area contributed by atoms with Crippen LogP contribution in [0, 0.1) is 0 Å². The fraction of sp³-hybridized carbons (Fsp3) is 0.